The monoisotopic (exact) mass is 412 g/mol. The Morgan fingerprint density at radius 2 is 2.39 bits per heavy atom. The Hall–Kier alpha value is -2.09. The predicted octanol–water partition coefficient (Wildman–Crippen LogP) is -1.24. The molecule has 2 radical (unpaired) electrons. The number of rotatable bonds is 4. The van der Waals surface area contributed by atoms with E-state index in [4.69, 9.17) is 31.6 Å². The van der Waals surface area contributed by atoms with Crippen molar-refractivity contribution in [3.8, 4) is 0 Å². The van der Waals surface area contributed by atoms with Crippen molar-refractivity contribution in [1.29, 1.82) is 0 Å². The van der Waals surface area contributed by atoms with Gasteiger partial charge in [0.05, 0.1) is 6.33 Å². The number of nitrogens with zero attached hydrogens (tertiary/aromatic N) is 3. The molecule has 2 unspecified atom stereocenters. The molecule has 2 aromatic heterocycles. The lowest BCUT2D eigenvalue weighted by atomic mass is 10.1. The van der Waals surface area contributed by atoms with E-state index < -0.39 is 50.7 Å². The number of ether oxygens (including phenoxy) is 2. The summed E-state index contributed by atoms with van der Waals surface area (Å²) in [5.74, 6) is -0.658. The lowest BCUT2D eigenvalue weighted by Crippen LogP contribution is -2.41. The Kier molecular flexibility index (Phi) is 4.85. The minimum atomic E-state index is -3.33. The van der Waals surface area contributed by atoms with Gasteiger partial charge in [0, 0.05) is 6.92 Å². The molecule has 2 aromatic rings. The zero-order valence-corrected chi connectivity index (χ0v) is 15.4. The molecular weight excluding hydrogens is 396 g/mol. The third kappa shape index (κ3) is 3.38. The number of carbonyl (C=O) groups excluding carboxylic acids is 1. The molecule has 0 aliphatic carbocycles. The maximum atomic E-state index is 11.9. The van der Waals surface area contributed by atoms with Gasteiger partial charge in [0.2, 0.25) is 12.7 Å². The van der Waals surface area contributed by atoms with Crippen LogP contribution in [0.25, 0.3) is 11.2 Å². The highest BCUT2D eigenvalue weighted by atomic mass is 31.2. The number of nitrogens with two attached hydrogens (primary N) is 1. The number of carbonyl (C=O) groups is 1. The second-order valence-corrected chi connectivity index (χ2v) is 7.93. The number of nitrogen functional groups attached to an aromatic ring is 1. The molecule has 28 heavy (non-hydrogen) atoms. The van der Waals surface area contributed by atoms with Crippen molar-refractivity contribution in [2.24, 2.45) is 0 Å². The molecule has 0 spiro atoms. The van der Waals surface area contributed by atoms with E-state index in [2.05, 4.69) is 19.7 Å². The summed E-state index contributed by atoms with van der Waals surface area (Å²) in [5.41, 5.74) is 5.26. The van der Waals surface area contributed by atoms with Gasteiger partial charge >= 0.3 is 21.4 Å². The molecule has 0 saturated carbocycles. The van der Waals surface area contributed by atoms with Crippen molar-refractivity contribution < 1.29 is 32.9 Å². The molecule has 2 aliphatic heterocycles. The zero-order chi connectivity index (χ0) is 20.1. The molecule has 4 N–H and O–H groups in total. The molecule has 5 atom stereocenters. The van der Waals surface area contributed by atoms with E-state index in [9.17, 15) is 14.7 Å². The van der Waals surface area contributed by atoms with Gasteiger partial charge < -0.3 is 20.3 Å². The van der Waals surface area contributed by atoms with Crippen LogP contribution in [0.3, 0.4) is 0 Å². The molecule has 4 heterocycles. The molecule has 0 bridgehead atoms. The molecule has 15 heteroatoms. The summed E-state index contributed by atoms with van der Waals surface area (Å²) in [7, 11) is 2.62. The van der Waals surface area contributed by atoms with Crippen molar-refractivity contribution in [2.45, 2.75) is 31.5 Å². The van der Waals surface area contributed by atoms with Crippen molar-refractivity contribution in [2.75, 3.05) is 19.1 Å². The molecule has 13 nitrogen and oxygen atoms in total. The molecule has 148 valence electrons. The van der Waals surface area contributed by atoms with Crippen molar-refractivity contribution >= 4 is 38.5 Å². The highest BCUT2D eigenvalue weighted by Crippen LogP contribution is 2.62. The first-order chi connectivity index (χ1) is 13.3. The first-order valence-electron chi connectivity index (χ1n) is 8.12. The van der Waals surface area contributed by atoms with Crippen LogP contribution in [0.5, 0.6) is 0 Å². The number of aromatic nitrogens is 4. The van der Waals surface area contributed by atoms with Gasteiger partial charge in [-0.2, -0.15) is 18.6 Å². The number of hydrogen-bond acceptors (Lipinski definition) is 11. The summed E-state index contributed by atoms with van der Waals surface area (Å²) >= 11 is 0. The van der Waals surface area contributed by atoms with E-state index >= 15 is 0 Å². The number of nitrogens with one attached hydrogen (secondary N) is 1. The average Bonchev–Trinajstić information content (AvgIpc) is 3.16. The number of anilines is 1. The number of H-pyrrole nitrogens is 1. The summed E-state index contributed by atoms with van der Waals surface area (Å²) in [6.07, 6.45) is -2.41. The first-order valence-corrected chi connectivity index (χ1v) is 9.73. The fourth-order valence-corrected chi connectivity index (χ4v) is 4.32. The van der Waals surface area contributed by atoms with E-state index in [0.717, 1.165) is 0 Å². The lowest BCUT2D eigenvalue weighted by molar-refractivity contribution is -0.149. The predicted molar refractivity (Wildman–Crippen MR) is 93.7 cm³/mol. The number of esters is 1. The summed E-state index contributed by atoms with van der Waals surface area (Å²) in [4.78, 5) is 33.1. The largest absolute Gasteiger partial charge is 0.488 e. The van der Waals surface area contributed by atoms with E-state index in [-0.39, 0.29) is 23.7 Å². The van der Waals surface area contributed by atoms with Crippen LogP contribution in [-0.2, 0) is 27.8 Å². The lowest BCUT2D eigenvalue weighted by Gasteiger charge is -2.30. The van der Waals surface area contributed by atoms with Gasteiger partial charge in [0.1, 0.15) is 18.8 Å². The van der Waals surface area contributed by atoms with Crippen LogP contribution in [0.2, 0.25) is 0 Å². The SMILES string of the molecule is [B][P+]1(OCOC(C)=O)OC[C@H]2O[C@@H](n3cnc4c(=O)[nH]c(N)nc43)C(O)[C@H]2O1. The van der Waals surface area contributed by atoms with Crippen LogP contribution in [0.4, 0.5) is 5.95 Å². The van der Waals surface area contributed by atoms with Crippen LogP contribution >= 0.6 is 7.82 Å². The Morgan fingerprint density at radius 3 is 3.14 bits per heavy atom. The van der Waals surface area contributed by atoms with Crippen LogP contribution in [-0.4, -0.2) is 69.9 Å². The van der Waals surface area contributed by atoms with Gasteiger partial charge in [-0.25, -0.2) is 4.98 Å². The number of aromatic amines is 1. The molecule has 0 amide bonds. The second-order valence-electron chi connectivity index (χ2n) is 6.12. The first kappa shape index (κ1) is 19.2. The summed E-state index contributed by atoms with van der Waals surface area (Å²) in [6, 6.07) is 0. The normalized spacial score (nSPS) is 32.4. The number of imidazole rings is 1. The Morgan fingerprint density at radius 1 is 1.61 bits per heavy atom. The Balaban J connectivity index is 1.55. The average molecular weight is 412 g/mol. The molecule has 2 saturated heterocycles. The van der Waals surface area contributed by atoms with Gasteiger partial charge in [-0.3, -0.25) is 19.1 Å². The van der Waals surface area contributed by atoms with E-state index in [1.807, 2.05) is 0 Å². The van der Waals surface area contributed by atoms with Gasteiger partial charge in [0.25, 0.3) is 5.56 Å². The highest BCUT2D eigenvalue weighted by Gasteiger charge is 2.58. The Labute approximate surface area is 159 Å². The molecular formula is C13H16BN5O8P+. The quantitative estimate of drug-likeness (QED) is 0.237. The van der Waals surface area contributed by atoms with Crippen LogP contribution in [0.15, 0.2) is 11.1 Å². The molecule has 2 aliphatic rings. The highest BCUT2D eigenvalue weighted by molar-refractivity contribution is 7.85. The van der Waals surface area contributed by atoms with E-state index in [1.165, 1.54) is 17.8 Å². The van der Waals surface area contributed by atoms with Crippen molar-refractivity contribution in [3.05, 3.63) is 16.7 Å². The van der Waals surface area contributed by atoms with Crippen LogP contribution in [0, 0.1) is 0 Å². The van der Waals surface area contributed by atoms with Crippen molar-refractivity contribution in [3.63, 3.8) is 0 Å². The van der Waals surface area contributed by atoms with Gasteiger partial charge in [-0.05, 0) is 0 Å². The molecule has 0 aromatic carbocycles. The third-order valence-corrected chi connectivity index (χ3v) is 5.73. The standard InChI is InChI=1S/C13H16BN5O8P/c1-5(20)23-4-25-28(14)24-2-6-9(27-28)8(21)12(26-6)19-3-16-7-10(19)17-13(15)18-11(7)22/h3,6,8-9,12,21H,2,4H2,1H3,(H3,15,17,18,22)/q+1/t6-,8?,9+,12-,28?/m1/s1. The summed E-state index contributed by atoms with van der Waals surface area (Å²) in [6.45, 7) is 0.741. The minimum Gasteiger partial charge on any atom is -0.434 e. The number of aliphatic hydroxyl groups excluding tert-OH is 1. The van der Waals surface area contributed by atoms with E-state index in [0.29, 0.717) is 0 Å². The number of fused-ring (bicyclic) bond motifs is 2. The summed E-state index contributed by atoms with van der Waals surface area (Å²) < 4.78 is 28.1. The van der Waals surface area contributed by atoms with Crippen LogP contribution in [0.1, 0.15) is 13.2 Å². The Bertz CT molecular complexity index is 970. The molecule has 2 fully saturated rings. The van der Waals surface area contributed by atoms with Gasteiger partial charge in [0.15, 0.2) is 23.5 Å². The fraction of sp³-hybridized carbons (Fsp3) is 0.538. The van der Waals surface area contributed by atoms with E-state index in [1.54, 1.807) is 0 Å². The topological polar surface area (TPSA) is 173 Å². The zero-order valence-electron chi connectivity index (χ0n) is 14.5. The maximum absolute atomic E-state index is 11.9. The third-order valence-electron chi connectivity index (χ3n) is 4.22. The number of hydrogen-bond donors (Lipinski definition) is 3. The van der Waals surface area contributed by atoms with Crippen molar-refractivity contribution in [1.82, 2.24) is 19.5 Å². The maximum Gasteiger partial charge on any atom is 0.488 e. The minimum absolute atomic E-state index is 0.0225. The fourth-order valence-electron chi connectivity index (χ4n) is 2.97. The number of aliphatic hydroxyl groups is 1. The van der Waals surface area contributed by atoms with Gasteiger partial charge in [-0.1, -0.05) is 0 Å². The van der Waals surface area contributed by atoms with Gasteiger partial charge in [-0.15, -0.1) is 0 Å². The van der Waals surface area contributed by atoms with Crippen LogP contribution < -0.4 is 11.3 Å². The summed E-state index contributed by atoms with van der Waals surface area (Å²) in [5, 5.41) is 10.7. The smallest absolute Gasteiger partial charge is 0.434 e. The second kappa shape index (κ2) is 7.06. The molecule has 4 rings (SSSR count).